The first-order chi connectivity index (χ1) is 12.0. The van der Waals surface area contributed by atoms with Gasteiger partial charge >= 0.3 is 0 Å². The highest BCUT2D eigenvalue weighted by Crippen LogP contribution is 2.38. The Morgan fingerprint density at radius 3 is 2.76 bits per heavy atom. The molecule has 134 valence electrons. The van der Waals surface area contributed by atoms with Crippen LogP contribution in [0.3, 0.4) is 0 Å². The molecule has 1 saturated carbocycles. The van der Waals surface area contributed by atoms with Crippen molar-refractivity contribution in [3.63, 3.8) is 0 Å². The molecule has 2 aromatic heterocycles. The first-order valence-corrected chi connectivity index (χ1v) is 8.47. The van der Waals surface area contributed by atoms with E-state index < -0.39 is 0 Å². The van der Waals surface area contributed by atoms with Crippen molar-refractivity contribution in [1.82, 2.24) is 15.3 Å². The Bertz CT molecular complexity index is 735. The number of nitrogens with one attached hydrogen (secondary N) is 1. The van der Waals surface area contributed by atoms with E-state index >= 15 is 0 Å². The Morgan fingerprint density at radius 1 is 1.48 bits per heavy atom. The predicted octanol–water partition coefficient (Wildman–Crippen LogP) is 2.19. The average molecular weight is 345 g/mol. The highest BCUT2D eigenvalue weighted by atomic mass is 16.5. The summed E-state index contributed by atoms with van der Waals surface area (Å²) in [5.74, 6) is 1.16. The minimum Gasteiger partial charge on any atom is -0.481 e. The quantitative estimate of drug-likeness (QED) is 0.833. The molecule has 0 aromatic carbocycles. The number of carbonyl (C=O) groups is 1. The van der Waals surface area contributed by atoms with Gasteiger partial charge in [0.1, 0.15) is 0 Å². The minimum absolute atomic E-state index is 0.156. The van der Waals surface area contributed by atoms with Crippen molar-refractivity contribution < 1.29 is 19.1 Å². The fraction of sp³-hybridized carbons (Fsp3) is 0.500. The van der Waals surface area contributed by atoms with E-state index in [0.29, 0.717) is 36.7 Å². The Hall–Kier alpha value is -2.41. The zero-order valence-electron chi connectivity index (χ0n) is 14.7. The summed E-state index contributed by atoms with van der Waals surface area (Å²) in [5, 5.41) is 12.7. The molecule has 1 aliphatic carbocycles. The predicted molar refractivity (Wildman–Crippen MR) is 90.3 cm³/mol. The Labute approximate surface area is 146 Å². The van der Waals surface area contributed by atoms with Gasteiger partial charge in [-0.15, -0.1) is 0 Å². The van der Waals surface area contributed by atoms with Crippen LogP contribution in [0.1, 0.15) is 53.5 Å². The molecule has 1 aliphatic rings. The van der Waals surface area contributed by atoms with Crippen LogP contribution in [0.2, 0.25) is 0 Å². The van der Waals surface area contributed by atoms with Gasteiger partial charge < -0.3 is 19.6 Å². The van der Waals surface area contributed by atoms with Gasteiger partial charge in [0.25, 0.3) is 5.91 Å². The van der Waals surface area contributed by atoms with Gasteiger partial charge in [-0.1, -0.05) is 13.0 Å². The first kappa shape index (κ1) is 17.4. The van der Waals surface area contributed by atoms with Crippen LogP contribution >= 0.6 is 0 Å². The van der Waals surface area contributed by atoms with E-state index in [4.69, 9.17) is 9.15 Å². The van der Waals surface area contributed by atoms with Crippen molar-refractivity contribution in [1.29, 1.82) is 0 Å². The second-order valence-electron chi connectivity index (χ2n) is 6.35. The molecule has 0 aliphatic heterocycles. The van der Waals surface area contributed by atoms with E-state index in [1.807, 2.05) is 13.0 Å². The lowest BCUT2D eigenvalue weighted by Crippen LogP contribution is -2.41. The molecule has 2 heterocycles. The molecule has 0 spiro atoms. The number of rotatable bonds is 6. The monoisotopic (exact) mass is 345 g/mol. The number of pyridine rings is 1. The van der Waals surface area contributed by atoms with E-state index in [1.54, 1.807) is 26.3 Å². The highest BCUT2D eigenvalue weighted by molar-refractivity contribution is 5.92. The summed E-state index contributed by atoms with van der Waals surface area (Å²) < 4.78 is 10.6. The number of nitrogens with zero attached hydrogens (tertiary/aromatic N) is 2. The van der Waals surface area contributed by atoms with Crippen molar-refractivity contribution in [2.75, 3.05) is 7.11 Å². The summed E-state index contributed by atoms with van der Waals surface area (Å²) in [6.07, 6.45) is 3.31. The second kappa shape index (κ2) is 7.23. The van der Waals surface area contributed by atoms with Crippen LogP contribution in [0, 0.1) is 12.8 Å². The molecular weight excluding hydrogens is 322 g/mol. The number of carbonyl (C=O) groups excluding carboxylic acids is 1. The van der Waals surface area contributed by atoms with E-state index in [-0.39, 0.29) is 29.7 Å². The fourth-order valence-electron chi connectivity index (χ4n) is 3.09. The van der Waals surface area contributed by atoms with Crippen molar-refractivity contribution in [3.05, 3.63) is 41.2 Å². The summed E-state index contributed by atoms with van der Waals surface area (Å²) in [5.41, 5.74) is 1.45. The first-order valence-electron chi connectivity index (χ1n) is 8.47. The summed E-state index contributed by atoms with van der Waals surface area (Å²) in [7, 11) is 1.56. The summed E-state index contributed by atoms with van der Waals surface area (Å²) in [6.45, 7) is 3.68. The Kier molecular flexibility index (Phi) is 5.03. The SMILES string of the molecule is CCc1nc(C)c(C(=O)NC(c2ccc(OC)nc2)C2CC(O)C2)o1. The second-order valence-corrected chi connectivity index (χ2v) is 6.35. The molecule has 7 nitrogen and oxygen atoms in total. The molecule has 3 rings (SSSR count). The number of hydrogen-bond acceptors (Lipinski definition) is 6. The van der Waals surface area contributed by atoms with E-state index in [0.717, 1.165) is 5.56 Å². The van der Waals surface area contributed by atoms with Crippen LogP contribution in [-0.4, -0.2) is 34.2 Å². The zero-order valence-corrected chi connectivity index (χ0v) is 14.7. The van der Waals surface area contributed by atoms with Crippen LogP contribution in [-0.2, 0) is 6.42 Å². The molecule has 7 heteroatoms. The van der Waals surface area contributed by atoms with E-state index in [1.165, 1.54) is 0 Å². The molecule has 2 aromatic rings. The standard InChI is InChI=1S/C18H23N3O4/c1-4-14-20-10(2)17(25-14)18(23)21-16(12-7-13(22)8-12)11-5-6-15(24-3)19-9-11/h5-6,9,12-13,16,22H,4,7-8H2,1-3H3,(H,21,23). The topological polar surface area (TPSA) is 97.5 Å². The number of aliphatic hydroxyl groups is 1. The number of aryl methyl sites for hydroxylation is 2. The molecule has 1 fully saturated rings. The van der Waals surface area contributed by atoms with Crippen molar-refractivity contribution >= 4 is 5.91 Å². The van der Waals surface area contributed by atoms with Crippen LogP contribution in [0.4, 0.5) is 0 Å². The summed E-state index contributed by atoms with van der Waals surface area (Å²) in [4.78, 5) is 21.1. The van der Waals surface area contributed by atoms with Crippen LogP contribution in [0.5, 0.6) is 5.88 Å². The van der Waals surface area contributed by atoms with Gasteiger partial charge in [0, 0.05) is 18.7 Å². The van der Waals surface area contributed by atoms with Crippen LogP contribution in [0.15, 0.2) is 22.7 Å². The lowest BCUT2D eigenvalue weighted by atomic mass is 9.75. The normalized spacial score (nSPS) is 20.6. The third-order valence-electron chi connectivity index (χ3n) is 4.58. The van der Waals surface area contributed by atoms with Gasteiger partial charge in [-0.2, -0.15) is 0 Å². The third kappa shape index (κ3) is 3.66. The van der Waals surface area contributed by atoms with Crippen molar-refractivity contribution in [3.8, 4) is 5.88 Å². The number of aromatic nitrogens is 2. The average Bonchev–Trinajstić information content (AvgIpc) is 2.98. The molecule has 2 N–H and O–H groups in total. The molecule has 1 atom stereocenters. The molecule has 1 unspecified atom stereocenters. The number of ether oxygens (including phenoxy) is 1. The maximum absolute atomic E-state index is 12.7. The van der Waals surface area contributed by atoms with Crippen LogP contribution < -0.4 is 10.1 Å². The number of oxazole rings is 1. The zero-order chi connectivity index (χ0) is 18.0. The summed E-state index contributed by atoms with van der Waals surface area (Å²) in [6, 6.07) is 3.40. The van der Waals surface area contributed by atoms with Crippen LogP contribution in [0.25, 0.3) is 0 Å². The number of methoxy groups -OCH3 is 1. The fourth-order valence-corrected chi connectivity index (χ4v) is 3.09. The van der Waals surface area contributed by atoms with Gasteiger partial charge in [-0.05, 0) is 31.2 Å². The van der Waals surface area contributed by atoms with Gasteiger partial charge in [0.2, 0.25) is 11.6 Å². The molecule has 0 radical (unpaired) electrons. The Morgan fingerprint density at radius 2 is 2.24 bits per heavy atom. The lowest BCUT2D eigenvalue weighted by Gasteiger charge is -2.38. The van der Waals surface area contributed by atoms with E-state index in [9.17, 15) is 9.90 Å². The lowest BCUT2D eigenvalue weighted by molar-refractivity contribution is 0.0231. The molecule has 1 amide bonds. The van der Waals surface area contributed by atoms with Crippen molar-refractivity contribution in [2.24, 2.45) is 5.92 Å². The van der Waals surface area contributed by atoms with Gasteiger partial charge in [-0.25, -0.2) is 9.97 Å². The number of amides is 1. The molecule has 0 bridgehead atoms. The van der Waals surface area contributed by atoms with Gasteiger partial charge in [0.05, 0.1) is 24.9 Å². The van der Waals surface area contributed by atoms with Gasteiger partial charge in [-0.3, -0.25) is 4.79 Å². The summed E-state index contributed by atoms with van der Waals surface area (Å²) >= 11 is 0. The van der Waals surface area contributed by atoms with E-state index in [2.05, 4.69) is 15.3 Å². The Balaban J connectivity index is 1.81. The smallest absolute Gasteiger partial charge is 0.289 e. The number of hydrogen-bond donors (Lipinski definition) is 2. The molecular formula is C18H23N3O4. The van der Waals surface area contributed by atoms with Crippen molar-refractivity contribution in [2.45, 2.75) is 45.3 Å². The molecule has 0 saturated heterocycles. The minimum atomic E-state index is -0.311. The largest absolute Gasteiger partial charge is 0.481 e. The molecule has 25 heavy (non-hydrogen) atoms. The maximum atomic E-state index is 12.7. The number of aliphatic hydroxyl groups excluding tert-OH is 1. The maximum Gasteiger partial charge on any atom is 0.289 e. The van der Waals surface area contributed by atoms with Gasteiger partial charge in [0.15, 0.2) is 5.89 Å². The third-order valence-corrected chi connectivity index (χ3v) is 4.58. The highest BCUT2D eigenvalue weighted by Gasteiger charge is 2.36.